The summed E-state index contributed by atoms with van der Waals surface area (Å²) in [6, 6.07) is 9.90. The Kier molecular flexibility index (Phi) is 6.12. The molecule has 2 aromatic carbocycles. The monoisotopic (exact) mass is 334 g/mol. The zero-order valence-electron chi connectivity index (χ0n) is 13.6. The van der Waals surface area contributed by atoms with E-state index in [2.05, 4.69) is 10.6 Å². The first-order valence-electron chi connectivity index (χ1n) is 7.65. The van der Waals surface area contributed by atoms with Crippen molar-refractivity contribution in [3.05, 3.63) is 65.2 Å². The number of hydrogen-bond donors (Lipinski definition) is 2. The van der Waals surface area contributed by atoms with Crippen LogP contribution in [0.3, 0.4) is 0 Å². The van der Waals surface area contributed by atoms with Gasteiger partial charge in [-0.15, -0.1) is 0 Å². The molecule has 2 amide bonds. The number of methoxy groups -OCH3 is 1. The van der Waals surface area contributed by atoms with Crippen molar-refractivity contribution < 1.29 is 18.3 Å². The molecule has 0 saturated carbocycles. The third kappa shape index (κ3) is 4.68. The first kappa shape index (κ1) is 17.7. The molecular weight excluding hydrogens is 314 g/mol. The van der Waals surface area contributed by atoms with Crippen molar-refractivity contribution in [1.82, 2.24) is 10.6 Å². The maximum Gasteiger partial charge on any atom is 0.315 e. The highest BCUT2D eigenvalue weighted by atomic mass is 19.1. The SMILES string of the molecule is CCC(NC(=O)NCc1cc(F)ccc1F)c1ccc(OC)cc1. The number of hydrogen-bond acceptors (Lipinski definition) is 2. The Morgan fingerprint density at radius 1 is 1.17 bits per heavy atom. The molecule has 2 rings (SSSR count). The van der Waals surface area contributed by atoms with Crippen molar-refractivity contribution in [2.45, 2.75) is 25.9 Å². The van der Waals surface area contributed by atoms with Crippen LogP contribution in [0.25, 0.3) is 0 Å². The standard InChI is InChI=1S/C18H20F2N2O2/c1-3-17(12-4-7-15(24-2)8-5-12)22-18(23)21-11-13-10-14(19)6-9-16(13)20/h4-10,17H,3,11H2,1-2H3,(H2,21,22,23). The van der Waals surface area contributed by atoms with Crippen LogP contribution in [-0.4, -0.2) is 13.1 Å². The molecule has 128 valence electrons. The number of carbonyl (C=O) groups excluding carboxylic acids is 1. The highest BCUT2D eigenvalue weighted by molar-refractivity contribution is 5.74. The second-order valence-corrected chi connectivity index (χ2v) is 5.30. The number of nitrogens with one attached hydrogen (secondary N) is 2. The van der Waals surface area contributed by atoms with Crippen LogP contribution in [0.15, 0.2) is 42.5 Å². The fourth-order valence-corrected chi connectivity index (χ4v) is 2.32. The largest absolute Gasteiger partial charge is 0.497 e. The van der Waals surface area contributed by atoms with E-state index in [0.717, 1.165) is 29.5 Å². The Hall–Kier alpha value is -2.63. The zero-order chi connectivity index (χ0) is 17.5. The summed E-state index contributed by atoms with van der Waals surface area (Å²) in [4.78, 5) is 12.0. The van der Waals surface area contributed by atoms with Crippen molar-refractivity contribution in [3.8, 4) is 5.75 Å². The molecule has 0 aliphatic carbocycles. The lowest BCUT2D eigenvalue weighted by Gasteiger charge is -2.18. The molecule has 0 aliphatic rings. The molecule has 4 nitrogen and oxygen atoms in total. The van der Waals surface area contributed by atoms with Gasteiger partial charge in [0.1, 0.15) is 17.4 Å². The second kappa shape index (κ2) is 8.29. The lowest BCUT2D eigenvalue weighted by Crippen LogP contribution is -2.37. The van der Waals surface area contributed by atoms with Crippen LogP contribution in [0.1, 0.15) is 30.5 Å². The lowest BCUT2D eigenvalue weighted by atomic mass is 10.0. The van der Waals surface area contributed by atoms with E-state index in [1.54, 1.807) is 7.11 Å². The van der Waals surface area contributed by atoms with Crippen LogP contribution in [0, 0.1) is 11.6 Å². The predicted molar refractivity (Wildman–Crippen MR) is 87.8 cm³/mol. The highest BCUT2D eigenvalue weighted by Gasteiger charge is 2.13. The number of halogens is 2. The molecule has 2 aromatic rings. The van der Waals surface area contributed by atoms with Crippen LogP contribution < -0.4 is 15.4 Å². The van der Waals surface area contributed by atoms with E-state index in [9.17, 15) is 13.6 Å². The van der Waals surface area contributed by atoms with Gasteiger partial charge in [0.25, 0.3) is 0 Å². The zero-order valence-corrected chi connectivity index (χ0v) is 13.6. The van der Waals surface area contributed by atoms with Crippen LogP contribution in [0.5, 0.6) is 5.75 Å². The minimum atomic E-state index is -0.557. The first-order valence-corrected chi connectivity index (χ1v) is 7.65. The average Bonchev–Trinajstić information content (AvgIpc) is 2.60. The Bertz CT molecular complexity index is 690. The molecule has 0 fully saturated rings. The summed E-state index contributed by atoms with van der Waals surface area (Å²) in [5.41, 5.74) is 1.04. The summed E-state index contributed by atoms with van der Waals surface area (Å²) in [7, 11) is 1.59. The molecule has 24 heavy (non-hydrogen) atoms. The van der Waals surface area contributed by atoms with Gasteiger partial charge in [-0.05, 0) is 42.3 Å². The Morgan fingerprint density at radius 3 is 2.50 bits per heavy atom. The fourth-order valence-electron chi connectivity index (χ4n) is 2.32. The van der Waals surface area contributed by atoms with Crippen LogP contribution >= 0.6 is 0 Å². The Balaban J connectivity index is 1.95. The minimum absolute atomic E-state index is 0.0888. The maximum atomic E-state index is 13.5. The fraction of sp³-hybridized carbons (Fsp3) is 0.278. The van der Waals surface area contributed by atoms with Crippen LogP contribution in [0.2, 0.25) is 0 Å². The van der Waals surface area contributed by atoms with Crippen LogP contribution in [-0.2, 0) is 6.54 Å². The van der Waals surface area contributed by atoms with E-state index in [4.69, 9.17) is 4.74 Å². The van der Waals surface area contributed by atoms with E-state index in [0.29, 0.717) is 6.42 Å². The molecule has 1 unspecified atom stereocenters. The van der Waals surface area contributed by atoms with Gasteiger partial charge in [-0.25, -0.2) is 13.6 Å². The topological polar surface area (TPSA) is 50.4 Å². The van der Waals surface area contributed by atoms with Gasteiger partial charge >= 0.3 is 6.03 Å². The third-order valence-electron chi connectivity index (χ3n) is 3.68. The van der Waals surface area contributed by atoms with Gasteiger partial charge in [0.2, 0.25) is 0 Å². The van der Waals surface area contributed by atoms with Gasteiger partial charge < -0.3 is 15.4 Å². The predicted octanol–water partition coefficient (Wildman–Crippen LogP) is 3.92. The summed E-state index contributed by atoms with van der Waals surface area (Å²) < 4.78 is 31.8. The molecule has 0 spiro atoms. The number of carbonyl (C=O) groups is 1. The Morgan fingerprint density at radius 2 is 1.88 bits per heavy atom. The average molecular weight is 334 g/mol. The molecule has 6 heteroatoms. The number of urea groups is 1. The number of benzene rings is 2. The lowest BCUT2D eigenvalue weighted by molar-refractivity contribution is 0.236. The normalized spacial score (nSPS) is 11.7. The van der Waals surface area contributed by atoms with Gasteiger partial charge in [0.15, 0.2) is 0 Å². The smallest absolute Gasteiger partial charge is 0.315 e. The molecule has 0 aromatic heterocycles. The van der Waals surface area contributed by atoms with Gasteiger partial charge in [0.05, 0.1) is 13.2 Å². The second-order valence-electron chi connectivity index (χ2n) is 5.30. The summed E-state index contributed by atoms with van der Waals surface area (Å²) >= 11 is 0. The van der Waals surface area contributed by atoms with Gasteiger partial charge in [0, 0.05) is 12.1 Å². The molecular formula is C18H20F2N2O2. The van der Waals surface area contributed by atoms with Gasteiger partial charge in [-0.1, -0.05) is 19.1 Å². The van der Waals surface area contributed by atoms with Crippen molar-refractivity contribution in [1.29, 1.82) is 0 Å². The molecule has 0 radical (unpaired) electrons. The summed E-state index contributed by atoms with van der Waals surface area (Å²) in [5.74, 6) is -0.364. The van der Waals surface area contributed by atoms with E-state index < -0.39 is 17.7 Å². The molecule has 0 bridgehead atoms. The number of rotatable bonds is 6. The van der Waals surface area contributed by atoms with E-state index in [1.165, 1.54) is 0 Å². The molecule has 1 atom stereocenters. The third-order valence-corrected chi connectivity index (χ3v) is 3.68. The quantitative estimate of drug-likeness (QED) is 0.841. The van der Waals surface area contributed by atoms with Gasteiger partial charge in [-0.3, -0.25) is 0 Å². The molecule has 2 N–H and O–H groups in total. The highest BCUT2D eigenvalue weighted by Crippen LogP contribution is 2.20. The van der Waals surface area contributed by atoms with E-state index in [-0.39, 0.29) is 18.2 Å². The van der Waals surface area contributed by atoms with Gasteiger partial charge in [-0.2, -0.15) is 0 Å². The van der Waals surface area contributed by atoms with Crippen molar-refractivity contribution >= 4 is 6.03 Å². The molecule has 0 saturated heterocycles. The Labute approximate surface area is 139 Å². The molecule has 0 aliphatic heterocycles. The maximum absolute atomic E-state index is 13.5. The van der Waals surface area contributed by atoms with E-state index in [1.807, 2.05) is 31.2 Å². The van der Waals surface area contributed by atoms with E-state index >= 15 is 0 Å². The van der Waals surface area contributed by atoms with Crippen molar-refractivity contribution in [2.24, 2.45) is 0 Å². The van der Waals surface area contributed by atoms with Crippen molar-refractivity contribution in [2.75, 3.05) is 7.11 Å². The summed E-state index contributed by atoms with van der Waals surface area (Å²) in [6.45, 7) is 1.86. The summed E-state index contributed by atoms with van der Waals surface area (Å²) in [5, 5.41) is 5.36. The first-order chi connectivity index (χ1) is 11.5. The summed E-state index contributed by atoms with van der Waals surface area (Å²) in [6.07, 6.45) is 0.689. The molecule has 0 heterocycles. The number of ether oxygens (including phenoxy) is 1. The number of amides is 2. The minimum Gasteiger partial charge on any atom is -0.497 e. The van der Waals surface area contributed by atoms with Crippen molar-refractivity contribution in [3.63, 3.8) is 0 Å². The van der Waals surface area contributed by atoms with Crippen LogP contribution in [0.4, 0.5) is 13.6 Å².